The van der Waals surface area contributed by atoms with Crippen LogP contribution in [0.25, 0.3) is 0 Å². The molecule has 0 atom stereocenters. The van der Waals surface area contributed by atoms with E-state index in [-0.39, 0.29) is 0 Å². The van der Waals surface area contributed by atoms with Crippen molar-refractivity contribution < 1.29 is 0 Å². The molecular formula is C12H28N2. The molecule has 0 aliphatic rings. The first-order valence-corrected chi connectivity index (χ1v) is 6.21. The predicted octanol–water partition coefficient (Wildman–Crippen LogP) is 2.35. The molecule has 0 saturated heterocycles. The maximum Gasteiger partial charge on any atom is 0.0107 e. The van der Waals surface area contributed by atoms with Crippen molar-refractivity contribution in [1.82, 2.24) is 10.2 Å². The zero-order valence-corrected chi connectivity index (χ0v) is 10.5. The Balaban J connectivity index is 3.65. The minimum Gasteiger partial charge on any atom is -0.316 e. The summed E-state index contributed by atoms with van der Waals surface area (Å²) in [4.78, 5) is 2.56. The van der Waals surface area contributed by atoms with E-state index < -0.39 is 0 Å². The maximum atomic E-state index is 3.38. The fourth-order valence-electron chi connectivity index (χ4n) is 1.70. The Bertz CT molecular complexity index is 111. The van der Waals surface area contributed by atoms with Crippen molar-refractivity contribution in [3.8, 4) is 0 Å². The summed E-state index contributed by atoms with van der Waals surface area (Å²) in [5.41, 5.74) is 0. The molecule has 0 spiro atoms. The van der Waals surface area contributed by atoms with Gasteiger partial charge in [0.05, 0.1) is 0 Å². The van der Waals surface area contributed by atoms with Crippen LogP contribution in [0, 0.1) is 5.92 Å². The van der Waals surface area contributed by atoms with Crippen LogP contribution in [0.4, 0.5) is 0 Å². The molecule has 0 aromatic carbocycles. The molecule has 0 radical (unpaired) electrons. The lowest BCUT2D eigenvalue weighted by Crippen LogP contribution is -2.35. The van der Waals surface area contributed by atoms with E-state index in [0.29, 0.717) is 0 Å². The molecule has 0 rings (SSSR count). The second kappa shape index (κ2) is 9.47. The molecular weight excluding hydrogens is 172 g/mol. The van der Waals surface area contributed by atoms with Gasteiger partial charge in [-0.2, -0.15) is 0 Å². The fraction of sp³-hybridized carbons (Fsp3) is 1.00. The van der Waals surface area contributed by atoms with Gasteiger partial charge in [0.15, 0.2) is 0 Å². The van der Waals surface area contributed by atoms with Gasteiger partial charge in [0.25, 0.3) is 0 Å². The number of hydrogen-bond donors (Lipinski definition) is 1. The molecule has 0 amide bonds. The average molecular weight is 200 g/mol. The number of nitrogens with one attached hydrogen (secondary N) is 1. The van der Waals surface area contributed by atoms with E-state index in [1.807, 2.05) is 0 Å². The number of nitrogens with zero attached hydrogens (tertiary/aromatic N) is 1. The Hall–Kier alpha value is -0.0800. The Kier molecular flexibility index (Phi) is 9.42. The molecule has 0 aromatic rings. The van der Waals surface area contributed by atoms with E-state index in [1.54, 1.807) is 0 Å². The average Bonchev–Trinajstić information content (AvgIpc) is 2.23. The molecule has 0 aromatic heterocycles. The molecule has 0 bridgehead atoms. The van der Waals surface area contributed by atoms with E-state index in [1.165, 1.54) is 32.5 Å². The Morgan fingerprint density at radius 1 is 1.07 bits per heavy atom. The lowest BCUT2D eigenvalue weighted by Gasteiger charge is -2.25. The van der Waals surface area contributed by atoms with Crippen LogP contribution in [-0.4, -0.2) is 37.6 Å². The third kappa shape index (κ3) is 6.39. The molecule has 0 unspecified atom stereocenters. The van der Waals surface area contributed by atoms with E-state index in [0.717, 1.165) is 19.0 Å². The minimum absolute atomic E-state index is 0.886. The van der Waals surface area contributed by atoms with Crippen molar-refractivity contribution >= 4 is 0 Å². The first-order valence-electron chi connectivity index (χ1n) is 6.21. The van der Waals surface area contributed by atoms with Crippen molar-refractivity contribution in [2.75, 3.05) is 32.7 Å². The van der Waals surface area contributed by atoms with Crippen molar-refractivity contribution in [1.29, 1.82) is 0 Å². The van der Waals surface area contributed by atoms with Gasteiger partial charge in [0, 0.05) is 19.6 Å². The lowest BCUT2D eigenvalue weighted by atomic mass is 10.0. The summed E-state index contributed by atoms with van der Waals surface area (Å²) in [7, 11) is 0. The number of hydrogen-bond acceptors (Lipinski definition) is 2. The van der Waals surface area contributed by atoms with E-state index in [2.05, 4.69) is 37.9 Å². The quantitative estimate of drug-likeness (QED) is 0.575. The van der Waals surface area contributed by atoms with Crippen LogP contribution in [0.1, 0.15) is 40.5 Å². The highest BCUT2D eigenvalue weighted by molar-refractivity contribution is 4.63. The molecule has 2 heteroatoms. The van der Waals surface area contributed by atoms with Gasteiger partial charge in [-0.05, 0) is 19.0 Å². The van der Waals surface area contributed by atoms with E-state index in [9.17, 15) is 0 Å². The topological polar surface area (TPSA) is 15.3 Å². The van der Waals surface area contributed by atoms with Crippen LogP contribution >= 0.6 is 0 Å². The molecule has 1 N–H and O–H groups in total. The standard InChI is InChI=1S/C12H28N2/c1-5-12(6-2)11-14(8-4)10-9-13-7-3/h12-13H,5-11H2,1-4H3. The van der Waals surface area contributed by atoms with Crippen LogP contribution < -0.4 is 5.32 Å². The van der Waals surface area contributed by atoms with Crippen LogP contribution in [0.2, 0.25) is 0 Å². The van der Waals surface area contributed by atoms with Crippen molar-refractivity contribution in [3.05, 3.63) is 0 Å². The summed E-state index contributed by atoms with van der Waals surface area (Å²) >= 11 is 0. The van der Waals surface area contributed by atoms with Crippen LogP contribution in [-0.2, 0) is 0 Å². The second-order valence-corrected chi connectivity index (χ2v) is 3.93. The van der Waals surface area contributed by atoms with Crippen LogP contribution in [0.3, 0.4) is 0 Å². The molecule has 14 heavy (non-hydrogen) atoms. The Morgan fingerprint density at radius 2 is 1.71 bits per heavy atom. The largest absolute Gasteiger partial charge is 0.316 e. The molecule has 0 fully saturated rings. The normalized spacial score (nSPS) is 11.6. The summed E-state index contributed by atoms with van der Waals surface area (Å²) < 4.78 is 0. The van der Waals surface area contributed by atoms with Crippen molar-refractivity contribution in [3.63, 3.8) is 0 Å². The first-order chi connectivity index (χ1) is 6.78. The summed E-state index contributed by atoms with van der Waals surface area (Å²) in [6, 6.07) is 0. The summed E-state index contributed by atoms with van der Waals surface area (Å²) in [5, 5.41) is 3.38. The molecule has 0 saturated carbocycles. The highest BCUT2D eigenvalue weighted by Gasteiger charge is 2.08. The van der Waals surface area contributed by atoms with Crippen LogP contribution in [0.5, 0.6) is 0 Å². The Morgan fingerprint density at radius 3 is 2.14 bits per heavy atom. The number of likely N-dealkylation sites (N-methyl/N-ethyl adjacent to an activating group) is 2. The van der Waals surface area contributed by atoms with E-state index in [4.69, 9.17) is 0 Å². The van der Waals surface area contributed by atoms with Crippen LogP contribution in [0.15, 0.2) is 0 Å². The minimum atomic E-state index is 0.886. The summed E-state index contributed by atoms with van der Waals surface area (Å²) in [6.45, 7) is 14.9. The van der Waals surface area contributed by atoms with Crippen molar-refractivity contribution in [2.45, 2.75) is 40.5 Å². The smallest absolute Gasteiger partial charge is 0.0107 e. The van der Waals surface area contributed by atoms with Gasteiger partial charge in [0.1, 0.15) is 0 Å². The van der Waals surface area contributed by atoms with Gasteiger partial charge in [-0.3, -0.25) is 0 Å². The molecule has 86 valence electrons. The third-order valence-electron chi connectivity index (χ3n) is 2.97. The molecule has 2 nitrogen and oxygen atoms in total. The lowest BCUT2D eigenvalue weighted by molar-refractivity contribution is 0.234. The predicted molar refractivity (Wildman–Crippen MR) is 64.7 cm³/mol. The second-order valence-electron chi connectivity index (χ2n) is 3.93. The summed E-state index contributed by atoms with van der Waals surface area (Å²) in [6.07, 6.45) is 2.63. The maximum absolute atomic E-state index is 3.38. The van der Waals surface area contributed by atoms with Crippen molar-refractivity contribution in [2.24, 2.45) is 5.92 Å². The van der Waals surface area contributed by atoms with Gasteiger partial charge < -0.3 is 10.2 Å². The Labute approximate surface area is 90.1 Å². The SMILES string of the molecule is CCNCCN(CC)CC(CC)CC. The van der Waals surface area contributed by atoms with E-state index >= 15 is 0 Å². The highest BCUT2D eigenvalue weighted by atomic mass is 15.1. The molecule has 0 aliphatic carbocycles. The zero-order valence-electron chi connectivity index (χ0n) is 10.5. The van der Waals surface area contributed by atoms with Gasteiger partial charge in [-0.15, -0.1) is 0 Å². The van der Waals surface area contributed by atoms with Gasteiger partial charge in [0.2, 0.25) is 0 Å². The van der Waals surface area contributed by atoms with Gasteiger partial charge in [-0.25, -0.2) is 0 Å². The van der Waals surface area contributed by atoms with Gasteiger partial charge >= 0.3 is 0 Å². The zero-order chi connectivity index (χ0) is 10.8. The van der Waals surface area contributed by atoms with Gasteiger partial charge in [-0.1, -0.05) is 40.5 Å². The summed E-state index contributed by atoms with van der Waals surface area (Å²) in [5.74, 6) is 0.886. The molecule has 0 heterocycles. The molecule has 0 aliphatic heterocycles. The number of rotatable bonds is 9. The fourth-order valence-corrected chi connectivity index (χ4v) is 1.70. The monoisotopic (exact) mass is 200 g/mol. The first kappa shape index (κ1) is 13.9. The third-order valence-corrected chi connectivity index (χ3v) is 2.97. The highest BCUT2D eigenvalue weighted by Crippen LogP contribution is 2.09.